The van der Waals surface area contributed by atoms with Gasteiger partial charge in [0, 0.05) is 43.1 Å². The Morgan fingerprint density at radius 2 is 1.80 bits per heavy atom. The van der Waals surface area contributed by atoms with Gasteiger partial charge in [-0.3, -0.25) is 9.59 Å². The second-order valence-electron chi connectivity index (χ2n) is 6.66. The quantitative estimate of drug-likeness (QED) is 0.917. The van der Waals surface area contributed by atoms with E-state index in [1.165, 1.54) is 0 Å². The molecule has 0 aliphatic carbocycles. The normalized spacial score (nSPS) is 16.6. The lowest BCUT2D eigenvalue weighted by Gasteiger charge is -2.36. The Hall–Kier alpha value is -2.82. The summed E-state index contributed by atoms with van der Waals surface area (Å²) < 4.78 is 0. The summed E-state index contributed by atoms with van der Waals surface area (Å²) >= 11 is 0. The van der Waals surface area contributed by atoms with Crippen molar-refractivity contribution in [2.75, 3.05) is 36.4 Å². The van der Waals surface area contributed by atoms with Crippen molar-refractivity contribution in [1.82, 2.24) is 4.90 Å². The molecule has 1 saturated heterocycles. The lowest BCUT2D eigenvalue weighted by molar-refractivity contribution is -0.115. The van der Waals surface area contributed by atoms with Crippen molar-refractivity contribution < 1.29 is 9.59 Å². The van der Waals surface area contributed by atoms with E-state index in [1.54, 1.807) is 0 Å². The number of carbonyl (C=O) groups excluding carboxylic acids is 2. The van der Waals surface area contributed by atoms with Crippen molar-refractivity contribution in [3.05, 3.63) is 59.2 Å². The minimum Gasteiger partial charge on any atom is -0.368 e. The summed E-state index contributed by atoms with van der Waals surface area (Å²) in [6.07, 6.45) is 0.453. The summed E-state index contributed by atoms with van der Waals surface area (Å²) in [6.45, 7) is 5.00. The van der Waals surface area contributed by atoms with Crippen LogP contribution in [0.5, 0.6) is 0 Å². The Balaban J connectivity index is 1.44. The average Bonchev–Trinajstić information content (AvgIpc) is 3.01. The summed E-state index contributed by atoms with van der Waals surface area (Å²) in [5, 5.41) is 2.86. The minimum absolute atomic E-state index is 0.0563. The van der Waals surface area contributed by atoms with Gasteiger partial charge in [-0.15, -0.1) is 0 Å². The molecule has 4 rings (SSSR count). The Labute approximate surface area is 147 Å². The SMILES string of the molecule is Cc1ccccc1C(=O)N1CCN(c2ccc3c(c2)CC(=O)N3)CC1. The molecule has 1 N–H and O–H groups in total. The van der Waals surface area contributed by atoms with Crippen LogP contribution in [0.2, 0.25) is 0 Å². The van der Waals surface area contributed by atoms with E-state index in [4.69, 9.17) is 0 Å². The molecule has 2 aliphatic rings. The monoisotopic (exact) mass is 335 g/mol. The van der Waals surface area contributed by atoms with Crippen LogP contribution in [0.15, 0.2) is 42.5 Å². The third-order valence-corrected chi connectivity index (χ3v) is 5.02. The van der Waals surface area contributed by atoms with Gasteiger partial charge in [0.05, 0.1) is 6.42 Å². The van der Waals surface area contributed by atoms with Crippen LogP contribution in [0.3, 0.4) is 0 Å². The maximum absolute atomic E-state index is 12.7. The molecule has 128 valence electrons. The highest BCUT2D eigenvalue weighted by Gasteiger charge is 2.24. The van der Waals surface area contributed by atoms with Crippen LogP contribution in [0.1, 0.15) is 21.5 Å². The molecule has 1 fully saturated rings. The van der Waals surface area contributed by atoms with Crippen LogP contribution in [-0.2, 0) is 11.2 Å². The smallest absolute Gasteiger partial charge is 0.254 e. The van der Waals surface area contributed by atoms with E-state index in [0.717, 1.165) is 41.2 Å². The number of benzene rings is 2. The maximum atomic E-state index is 12.7. The van der Waals surface area contributed by atoms with Crippen LogP contribution in [0.25, 0.3) is 0 Å². The molecule has 2 aliphatic heterocycles. The Morgan fingerprint density at radius 3 is 2.56 bits per heavy atom. The largest absolute Gasteiger partial charge is 0.368 e. The second-order valence-corrected chi connectivity index (χ2v) is 6.66. The minimum atomic E-state index is 0.0563. The van der Waals surface area contributed by atoms with Crippen molar-refractivity contribution in [3.63, 3.8) is 0 Å². The summed E-state index contributed by atoms with van der Waals surface area (Å²) in [7, 11) is 0. The second kappa shape index (κ2) is 6.24. The van der Waals surface area contributed by atoms with E-state index in [0.29, 0.717) is 19.5 Å². The highest BCUT2D eigenvalue weighted by Crippen LogP contribution is 2.28. The first-order chi connectivity index (χ1) is 12.1. The van der Waals surface area contributed by atoms with Gasteiger partial charge < -0.3 is 15.1 Å². The predicted octanol–water partition coefficient (Wildman–Crippen LogP) is 2.45. The van der Waals surface area contributed by atoms with Gasteiger partial charge in [-0.1, -0.05) is 18.2 Å². The van der Waals surface area contributed by atoms with Crippen LogP contribution < -0.4 is 10.2 Å². The molecule has 5 nitrogen and oxygen atoms in total. The lowest BCUT2D eigenvalue weighted by atomic mass is 10.1. The summed E-state index contributed by atoms with van der Waals surface area (Å²) in [6, 6.07) is 13.8. The number of rotatable bonds is 2. The van der Waals surface area contributed by atoms with Crippen LogP contribution in [0, 0.1) is 6.92 Å². The van der Waals surface area contributed by atoms with Crippen LogP contribution in [0.4, 0.5) is 11.4 Å². The Morgan fingerprint density at radius 1 is 1.04 bits per heavy atom. The van der Waals surface area contributed by atoms with E-state index < -0.39 is 0 Å². The summed E-state index contributed by atoms with van der Waals surface area (Å²) in [5.41, 5.74) is 4.91. The molecule has 0 spiro atoms. The predicted molar refractivity (Wildman–Crippen MR) is 98.1 cm³/mol. The van der Waals surface area contributed by atoms with Gasteiger partial charge in [0.25, 0.3) is 5.91 Å². The van der Waals surface area contributed by atoms with Gasteiger partial charge in [-0.2, -0.15) is 0 Å². The number of fused-ring (bicyclic) bond motifs is 1. The van der Waals surface area contributed by atoms with E-state index in [9.17, 15) is 9.59 Å². The van der Waals surface area contributed by atoms with Gasteiger partial charge in [0.2, 0.25) is 5.91 Å². The number of nitrogens with one attached hydrogen (secondary N) is 1. The van der Waals surface area contributed by atoms with Gasteiger partial charge >= 0.3 is 0 Å². The third kappa shape index (κ3) is 2.97. The number of hydrogen-bond donors (Lipinski definition) is 1. The average molecular weight is 335 g/mol. The van der Waals surface area contributed by atoms with Crippen molar-refractivity contribution in [2.24, 2.45) is 0 Å². The molecular weight excluding hydrogens is 314 g/mol. The molecule has 0 aromatic heterocycles. The van der Waals surface area contributed by atoms with Gasteiger partial charge in [-0.25, -0.2) is 0 Å². The number of amides is 2. The van der Waals surface area contributed by atoms with Crippen molar-refractivity contribution in [2.45, 2.75) is 13.3 Å². The molecule has 2 aromatic carbocycles. The van der Waals surface area contributed by atoms with E-state index in [2.05, 4.69) is 16.3 Å². The zero-order valence-corrected chi connectivity index (χ0v) is 14.3. The number of hydrogen-bond acceptors (Lipinski definition) is 3. The first-order valence-electron chi connectivity index (χ1n) is 8.64. The Bertz CT molecular complexity index is 839. The number of anilines is 2. The lowest BCUT2D eigenvalue weighted by Crippen LogP contribution is -2.49. The molecule has 0 bridgehead atoms. The number of piperazine rings is 1. The molecule has 0 unspecified atom stereocenters. The highest BCUT2D eigenvalue weighted by atomic mass is 16.2. The summed E-state index contributed by atoms with van der Waals surface area (Å²) in [4.78, 5) is 28.4. The van der Waals surface area contributed by atoms with Gasteiger partial charge in [0.1, 0.15) is 0 Å². The molecule has 0 atom stereocenters. The fourth-order valence-electron chi connectivity index (χ4n) is 3.56. The molecule has 25 heavy (non-hydrogen) atoms. The number of nitrogens with zero attached hydrogens (tertiary/aromatic N) is 2. The molecule has 2 amide bonds. The van der Waals surface area contributed by atoms with Gasteiger partial charge in [0.15, 0.2) is 0 Å². The Kier molecular flexibility index (Phi) is 3.92. The highest BCUT2D eigenvalue weighted by molar-refractivity contribution is 5.99. The number of aryl methyl sites for hydroxylation is 1. The van der Waals surface area contributed by atoms with Crippen molar-refractivity contribution in [3.8, 4) is 0 Å². The van der Waals surface area contributed by atoms with E-state index in [-0.39, 0.29) is 11.8 Å². The first-order valence-corrected chi connectivity index (χ1v) is 8.64. The van der Waals surface area contributed by atoms with E-state index >= 15 is 0 Å². The molecule has 2 aromatic rings. The third-order valence-electron chi connectivity index (χ3n) is 5.02. The molecule has 5 heteroatoms. The van der Waals surface area contributed by atoms with Gasteiger partial charge in [-0.05, 0) is 42.3 Å². The topological polar surface area (TPSA) is 52.7 Å². The zero-order chi connectivity index (χ0) is 17.4. The van der Waals surface area contributed by atoms with Crippen LogP contribution in [-0.4, -0.2) is 42.9 Å². The fourth-order valence-corrected chi connectivity index (χ4v) is 3.56. The molecular formula is C20H21N3O2. The van der Waals surface area contributed by atoms with E-state index in [1.807, 2.05) is 48.2 Å². The summed E-state index contributed by atoms with van der Waals surface area (Å²) in [5.74, 6) is 0.169. The zero-order valence-electron chi connectivity index (χ0n) is 14.3. The molecule has 0 radical (unpaired) electrons. The maximum Gasteiger partial charge on any atom is 0.254 e. The number of carbonyl (C=O) groups is 2. The fraction of sp³-hybridized carbons (Fsp3) is 0.300. The standard InChI is InChI=1S/C20H21N3O2/c1-14-4-2-3-5-17(14)20(25)23-10-8-22(9-11-23)16-6-7-18-15(12-16)13-19(24)21-18/h2-7,12H,8-11,13H2,1H3,(H,21,24). The van der Waals surface area contributed by atoms with Crippen LogP contribution >= 0.6 is 0 Å². The first kappa shape index (κ1) is 15.7. The molecule has 2 heterocycles. The van der Waals surface area contributed by atoms with Crippen molar-refractivity contribution >= 4 is 23.2 Å². The molecule has 0 saturated carbocycles. The van der Waals surface area contributed by atoms with Crippen molar-refractivity contribution in [1.29, 1.82) is 0 Å².